The molecule has 1 amide bonds. The number of anilines is 1. The molecule has 0 spiro atoms. The standard InChI is InChI=1S/C25H26ClN5O4S2/c1-17-15-30(16-18(2)35-17)37(33,34)20-9-7-19(8-10-20)24(32)31(14-13-29-12-4-11-27-29)25-28-23-21(26)5-3-6-22(23)36-25/h3-12,17-18H,13-16H2,1-2H3. The van der Waals surface area contributed by atoms with E-state index in [9.17, 15) is 13.2 Å². The van der Waals surface area contributed by atoms with Crippen LogP contribution in [0, 0.1) is 0 Å². The highest BCUT2D eigenvalue weighted by Crippen LogP contribution is 2.33. The molecule has 5 rings (SSSR count). The van der Waals surface area contributed by atoms with E-state index < -0.39 is 10.0 Å². The van der Waals surface area contributed by atoms with E-state index in [-0.39, 0.29) is 36.1 Å². The molecule has 1 aliphatic heterocycles. The number of thiazole rings is 1. The number of hydrogen-bond donors (Lipinski definition) is 0. The van der Waals surface area contributed by atoms with Crippen LogP contribution in [0.3, 0.4) is 0 Å². The molecule has 1 aliphatic rings. The third-order valence-corrected chi connectivity index (χ3v) is 9.27. The highest BCUT2D eigenvalue weighted by molar-refractivity contribution is 7.89. The van der Waals surface area contributed by atoms with Crippen molar-refractivity contribution in [1.82, 2.24) is 19.1 Å². The summed E-state index contributed by atoms with van der Waals surface area (Å²) in [4.78, 5) is 20.0. The van der Waals surface area contributed by atoms with Gasteiger partial charge in [0.15, 0.2) is 5.13 Å². The average Bonchev–Trinajstić information content (AvgIpc) is 3.54. The minimum atomic E-state index is -3.71. The molecule has 0 aliphatic carbocycles. The number of benzene rings is 2. The van der Waals surface area contributed by atoms with Crippen LogP contribution in [-0.2, 0) is 21.3 Å². The van der Waals surface area contributed by atoms with Gasteiger partial charge in [0.25, 0.3) is 5.91 Å². The maximum Gasteiger partial charge on any atom is 0.260 e. The van der Waals surface area contributed by atoms with Gasteiger partial charge in [0, 0.05) is 37.6 Å². The van der Waals surface area contributed by atoms with Crippen LogP contribution in [0.4, 0.5) is 5.13 Å². The molecule has 0 bridgehead atoms. The lowest BCUT2D eigenvalue weighted by molar-refractivity contribution is -0.0440. The fourth-order valence-corrected chi connectivity index (χ4v) is 7.22. The summed E-state index contributed by atoms with van der Waals surface area (Å²) in [7, 11) is -3.71. The number of carbonyl (C=O) groups is 1. The molecule has 2 unspecified atom stereocenters. The van der Waals surface area contributed by atoms with Crippen molar-refractivity contribution in [3.8, 4) is 0 Å². The first-order valence-corrected chi connectivity index (χ1v) is 14.5. The zero-order valence-corrected chi connectivity index (χ0v) is 22.7. The highest BCUT2D eigenvalue weighted by atomic mass is 35.5. The van der Waals surface area contributed by atoms with Crippen molar-refractivity contribution in [3.63, 3.8) is 0 Å². The first-order chi connectivity index (χ1) is 17.7. The van der Waals surface area contributed by atoms with Crippen molar-refractivity contribution in [2.24, 2.45) is 0 Å². The monoisotopic (exact) mass is 559 g/mol. The van der Waals surface area contributed by atoms with Crippen LogP contribution in [0.25, 0.3) is 10.2 Å². The summed E-state index contributed by atoms with van der Waals surface area (Å²) in [6, 6.07) is 13.4. The van der Waals surface area contributed by atoms with Gasteiger partial charge in [0.2, 0.25) is 10.0 Å². The molecule has 2 aromatic carbocycles. The third-order valence-electron chi connectivity index (χ3n) is 6.07. The van der Waals surface area contributed by atoms with Crippen LogP contribution >= 0.6 is 22.9 Å². The summed E-state index contributed by atoms with van der Waals surface area (Å²) in [5, 5.41) is 5.25. The van der Waals surface area contributed by atoms with Gasteiger partial charge in [-0.3, -0.25) is 14.4 Å². The Morgan fingerprint density at radius 3 is 2.51 bits per heavy atom. The van der Waals surface area contributed by atoms with Gasteiger partial charge >= 0.3 is 0 Å². The molecule has 2 atom stereocenters. The molecule has 37 heavy (non-hydrogen) atoms. The number of morpholine rings is 1. The predicted octanol–water partition coefficient (Wildman–Crippen LogP) is 4.29. The Morgan fingerprint density at radius 2 is 1.86 bits per heavy atom. The van der Waals surface area contributed by atoms with Crippen LogP contribution in [0.1, 0.15) is 24.2 Å². The molecule has 0 radical (unpaired) electrons. The maximum absolute atomic E-state index is 13.7. The molecule has 1 saturated heterocycles. The lowest BCUT2D eigenvalue weighted by atomic mass is 10.2. The van der Waals surface area contributed by atoms with Gasteiger partial charge in [0.1, 0.15) is 5.52 Å². The van der Waals surface area contributed by atoms with Crippen molar-refractivity contribution in [2.75, 3.05) is 24.5 Å². The number of ether oxygens (including phenoxy) is 1. The summed E-state index contributed by atoms with van der Waals surface area (Å²) in [5.74, 6) is -0.292. The second kappa shape index (κ2) is 10.5. The summed E-state index contributed by atoms with van der Waals surface area (Å²) < 4.78 is 36.2. The topological polar surface area (TPSA) is 97.6 Å². The molecule has 0 saturated carbocycles. The smallest absolute Gasteiger partial charge is 0.260 e. The normalized spacial score (nSPS) is 18.8. The number of halogens is 1. The largest absolute Gasteiger partial charge is 0.373 e. The number of fused-ring (bicyclic) bond motifs is 1. The first kappa shape index (κ1) is 25.8. The van der Waals surface area contributed by atoms with Crippen LogP contribution in [0.5, 0.6) is 0 Å². The van der Waals surface area contributed by atoms with Crippen LogP contribution in [-0.4, -0.2) is 65.2 Å². The second-order valence-electron chi connectivity index (χ2n) is 8.91. The Kier molecular flexibility index (Phi) is 7.32. The lowest BCUT2D eigenvalue weighted by Crippen LogP contribution is -2.48. The molecule has 194 valence electrons. The maximum atomic E-state index is 13.7. The summed E-state index contributed by atoms with van der Waals surface area (Å²) in [5.41, 5.74) is 0.991. The van der Waals surface area contributed by atoms with Gasteiger partial charge in [-0.2, -0.15) is 9.40 Å². The van der Waals surface area contributed by atoms with Gasteiger partial charge in [0.05, 0.1) is 33.4 Å². The van der Waals surface area contributed by atoms with Gasteiger partial charge in [-0.05, 0) is 56.3 Å². The highest BCUT2D eigenvalue weighted by Gasteiger charge is 2.32. The van der Waals surface area contributed by atoms with Crippen molar-refractivity contribution >= 4 is 54.2 Å². The van der Waals surface area contributed by atoms with Crippen LogP contribution in [0.2, 0.25) is 5.02 Å². The van der Waals surface area contributed by atoms with Gasteiger partial charge in [-0.15, -0.1) is 0 Å². The lowest BCUT2D eigenvalue weighted by Gasteiger charge is -2.34. The van der Waals surface area contributed by atoms with Gasteiger partial charge in [-0.25, -0.2) is 13.4 Å². The van der Waals surface area contributed by atoms with Crippen molar-refractivity contribution < 1.29 is 17.9 Å². The molecule has 2 aromatic heterocycles. The molecular formula is C25H26ClN5O4S2. The molecule has 0 N–H and O–H groups in total. The minimum Gasteiger partial charge on any atom is -0.373 e. The second-order valence-corrected chi connectivity index (χ2v) is 12.3. The summed E-state index contributed by atoms with van der Waals surface area (Å²) >= 11 is 7.70. The Bertz CT molecular complexity index is 1500. The van der Waals surface area contributed by atoms with E-state index in [0.29, 0.717) is 34.3 Å². The molecule has 4 aromatic rings. The van der Waals surface area contributed by atoms with E-state index in [1.807, 2.05) is 38.2 Å². The number of rotatable bonds is 7. The molecule has 12 heteroatoms. The van der Waals surface area contributed by atoms with E-state index in [1.165, 1.54) is 27.8 Å². The first-order valence-electron chi connectivity index (χ1n) is 11.8. The average molecular weight is 560 g/mol. The van der Waals surface area contributed by atoms with Crippen molar-refractivity contribution in [1.29, 1.82) is 0 Å². The number of sulfonamides is 1. The quantitative estimate of drug-likeness (QED) is 0.335. The SMILES string of the molecule is CC1CN(S(=O)(=O)c2ccc(C(=O)N(CCn3cccn3)c3nc4c(Cl)cccc4s3)cc2)CC(C)O1. The van der Waals surface area contributed by atoms with Gasteiger partial charge in [-0.1, -0.05) is 29.0 Å². The minimum absolute atomic E-state index is 0.139. The third kappa shape index (κ3) is 5.41. The Morgan fingerprint density at radius 1 is 1.14 bits per heavy atom. The van der Waals surface area contributed by atoms with E-state index in [1.54, 1.807) is 34.0 Å². The Balaban J connectivity index is 1.43. The molecule has 1 fully saturated rings. The Hall–Kier alpha value is -2.83. The van der Waals surface area contributed by atoms with E-state index in [4.69, 9.17) is 16.3 Å². The number of aromatic nitrogens is 3. The number of hydrogen-bond acceptors (Lipinski definition) is 7. The zero-order chi connectivity index (χ0) is 26.2. The molecular weight excluding hydrogens is 534 g/mol. The van der Waals surface area contributed by atoms with Crippen LogP contribution < -0.4 is 4.90 Å². The van der Waals surface area contributed by atoms with Crippen molar-refractivity contribution in [2.45, 2.75) is 37.5 Å². The van der Waals surface area contributed by atoms with Gasteiger partial charge < -0.3 is 4.74 Å². The van der Waals surface area contributed by atoms with E-state index in [0.717, 1.165) is 4.70 Å². The fourth-order valence-electron chi connectivity index (χ4n) is 4.34. The number of nitrogens with zero attached hydrogens (tertiary/aromatic N) is 5. The summed E-state index contributed by atoms with van der Waals surface area (Å²) in [6.45, 7) is 5.06. The number of para-hydroxylation sites is 1. The summed E-state index contributed by atoms with van der Waals surface area (Å²) in [6.07, 6.45) is 3.12. The zero-order valence-electron chi connectivity index (χ0n) is 20.3. The molecule has 9 nitrogen and oxygen atoms in total. The number of amides is 1. The predicted molar refractivity (Wildman–Crippen MR) is 144 cm³/mol. The van der Waals surface area contributed by atoms with E-state index in [2.05, 4.69) is 10.1 Å². The number of carbonyl (C=O) groups excluding carboxylic acids is 1. The van der Waals surface area contributed by atoms with E-state index >= 15 is 0 Å². The van der Waals surface area contributed by atoms with Crippen molar-refractivity contribution in [3.05, 3.63) is 71.5 Å². The fraction of sp³-hybridized carbons (Fsp3) is 0.320. The Labute approximate surface area is 224 Å². The van der Waals surface area contributed by atoms with Crippen LogP contribution in [0.15, 0.2) is 65.8 Å². The molecule has 3 heterocycles.